The molecule has 2 aliphatic carbocycles. The van der Waals surface area contributed by atoms with Crippen LogP contribution >= 0.6 is 0 Å². The highest BCUT2D eigenvalue weighted by Crippen LogP contribution is 2.46. The van der Waals surface area contributed by atoms with Crippen LogP contribution < -0.4 is 0 Å². The summed E-state index contributed by atoms with van der Waals surface area (Å²) >= 11 is 0. The monoisotopic (exact) mass is 366 g/mol. The summed E-state index contributed by atoms with van der Waals surface area (Å²) in [6, 6.07) is 19.2. The van der Waals surface area contributed by atoms with Crippen LogP contribution in [0.5, 0.6) is 0 Å². The Bertz CT molecular complexity index is 1020. The highest BCUT2D eigenvalue weighted by Gasteiger charge is 2.27. The van der Waals surface area contributed by atoms with Gasteiger partial charge in [-0.05, 0) is 91.4 Å². The Labute approximate surface area is 169 Å². The van der Waals surface area contributed by atoms with Crippen molar-refractivity contribution in [2.75, 3.05) is 0 Å². The first kappa shape index (κ1) is 17.7. The summed E-state index contributed by atoms with van der Waals surface area (Å²) in [4.78, 5) is 0. The van der Waals surface area contributed by atoms with E-state index in [0.29, 0.717) is 0 Å². The van der Waals surface area contributed by atoms with Crippen molar-refractivity contribution in [2.45, 2.75) is 65.2 Å². The highest BCUT2D eigenvalue weighted by atomic mass is 14.3. The van der Waals surface area contributed by atoms with Gasteiger partial charge in [0.25, 0.3) is 0 Å². The van der Waals surface area contributed by atoms with E-state index in [4.69, 9.17) is 0 Å². The molecule has 0 atom stereocenters. The largest absolute Gasteiger partial charge is 0.0582 e. The maximum Gasteiger partial charge on any atom is -0.00132 e. The minimum absolute atomic E-state index is 0.189. The van der Waals surface area contributed by atoms with Gasteiger partial charge in [-0.25, -0.2) is 0 Å². The van der Waals surface area contributed by atoms with E-state index in [9.17, 15) is 0 Å². The second kappa shape index (κ2) is 5.60. The van der Waals surface area contributed by atoms with Crippen molar-refractivity contribution in [3.05, 3.63) is 81.9 Å². The molecule has 28 heavy (non-hydrogen) atoms. The normalized spacial score (nSPS) is 14.5. The number of hydrogen-bond donors (Lipinski definition) is 0. The predicted octanol–water partition coefficient (Wildman–Crippen LogP) is 7.42. The average Bonchev–Trinajstić information content (AvgIpc) is 3.14. The van der Waals surface area contributed by atoms with Crippen molar-refractivity contribution < 1.29 is 0 Å². The molecule has 5 rings (SSSR count). The van der Waals surface area contributed by atoms with Crippen LogP contribution in [0.1, 0.15) is 74.9 Å². The third-order valence-electron chi connectivity index (χ3n) is 6.62. The molecule has 0 aliphatic heterocycles. The van der Waals surface area contributed by atoms with Crippen LogP contribution in [0, 0.1) is 0 Å². The molecule has 0 heterocycles. The smallest absolute Gasteiger partial charge is 0.00132 e. The van der Waals surface area contributed by atoms with Gasteiger partial charge in [0, 0.05) is 0 Å². The summed E-state index contributed by atoms with van der Waals surface area (Å²) in [6.45, 7) is 13.8. The Hall–Kier alpha value is -2.34. The molecule has 0 heteroatoms. The van der Waals surface area contributed by atoms with Gasteiger partial charge in [-0.2, -0.15) is 0 Å². The van der Waals surface area contributed by atoms with Crippen LogP contribution in [0.25, 0.3) is 22.3 Å². The molecular weight excluding hydrogens is 336 g/mol. The van der Waals surface area contributed by atoms with Crippen LogP contribution in [0.15, 0.2) is 48.5 Å². The van der Waals surface area contributed by atoms with E-state index in [0.717, 1.165) is 12.8 Å². The minimum atomic E-state index is 0.189. The fraction of sp³-hybridized carbons (Fsp3) is 0.357. The number of hydrogen-bond acceptors (Lipinski definition) is 0. The second-order valence-electron chi connectivity index (χ2n) is 10.8. The van der Waals surface area contributed by atoms with Gasteiger partial charge < -0.3 is 0 Å². The second-order valence-corrected chi connectivity index (χ2v) is 10.8. The quantitative estimate of drug-likeness (QED) is 0.267. The van der Waals surface area contributed by atoms with Crippen molar-refractivity contribution in [2.24, 2.45) is 0 Å². The first-order valence-electron chi connectivity index (χ1n) is 10.5. The van der Waals surface area contributed by atoms with Crippen LogP contribution in [0.4, 0.5) is 0 Å². The van der Waals surface area contributed by atoms with Crippen LogP contribution in [-0.4, -0.2) is 0 Å². The molecule has 0 unspecified atom stereocenters. The topological polar surface area (TPSA) is 0 Å². The summed E-state index contributed by atoms with van der Waals surface area (Å²) in [6.07, 6.45) is 2.13. The zero-order valence-electron chi connectivity index (χ0n) is 18.0. The molecule has 2 aliphatic rings. The van der Waals surface area contributed by atoms with Crippen molar-refractivity contribution in [3.63, 3.8) is 0 Å². The van der Waals surface area contributed by atoms with E-state index in [1.54, 1.807) is 0 Å². The van der Waals surface area contributed by atoms with Crippen LogP contribution in [0.3, 0.4) is 0 Å². The summed E-state index contributed by atoms with van der Waals surface area (Å²) in [5.74, 6) is 0. The Morgan fingerprint density at radius 1 is 0.464 bits per heavy atom. The molecule has 0 spiro atoms. The van der Waals surface area contributed by atoms with E-state index in [2.05, 4.69) is 90.1 Å². The molecule has 0 aromatic heterocycles. The van der Waals surface area contributed by atoms with Gasteiger partial charge in [-0.1, -0.05) is 77.9 Å². The zero-order chi connectivity index (χ0) is 19.8. The molecule has 0 radical (unpaired) electrons. The summed E-state index contributed by atoms with van der Waals surface area (Å²) in [7, 11) is 0. The minimum Gasteiger partial charge on any atom is -0.0582 e. The van der Waals surface area contributed by atoms with Gasteiger partial charge in [-0.15, -0.1) is 0 Å². The maximum absolute atomic E-state index is 2.49. The van der Waals surface area contributed by atoms with E-state index in [1.165, 1.54) is 55.6 Å². The number of benzene rings is 3. The Balaban J connectivity index is 1.63. The van der Waals surface area contributed by atoms with E-state index in [1.807, 2.05) is 0 Å². The lowest BCUT2D eigenvalue weighted by atomic mass is 9.85. The van der Waals surface area contributed by atoms with E-state index in [-0.39, 0.29) is 10.8 Å². The maximum atomic E-state index is 2.49. The Kier molecular flexibility index (Phi) is 3.55. The fourth-order valence-electron chi connectivity index (χ4n) is 4.79. The van der Waals surface area contributed by atoms with E-state index < -0.39 is 0 Å². The summed E-state index contributed by atoms with van der Waals surface area (Å²) in [5, 5.41) is 0. The molecule has 0 saturated carbocycles. The van der Waals surface area contributed by atoms with E-state index >= 15 is 0 Å². The molecule has 0 nitrogen and oxygen atoms in total. The van der Waals surface area contributed by atoms with Crippen molar-refractivity contribution in [1.29, 1.82) is 0 Å². The molecule has 0 amide bonds. The SMILES string of the molecule is CC(C)(C)c1ccc2c(c1)-c1cc3c(cc1C2)-c1cc(C(C)(C)C)ccc1C3. The van der Waals surface area contributed by atoms with Crippen LogP contribution in [-0.2, 0) is 23.7 Å². The molecule has 0 bridgehead atoms. The predicted molar refractivity (Wildman–Crippen MR) is 120 cm³/mol. The summed E-state index contributed by atoms with van der Waals surface area (Å²) < 4.78 is 0. The lowest BCUT2D eigenvalue weighted by molar-refractivity contribution is 0.590. The lowest BCUT2D eigenvalue weighted by Gasteiger charge is -2.20. The molecule has 142 valence electrons. The third kappa shape index (κ3) is 2.65. The van der Waals surface area contributed by atoms with Crippen molar-refractivity contribution in [1.82, 2.24) is 0 Å². The van der Waals surface area contributed by atoms with Gasteiger partial charge >= 0.3 is 0 Å². The fourth-order valence-corrected chi connectivity index (χ4v) is 4.79. The third-order valence-corrected chi connectivity index (χ3v) is 6.62. The highest BCUT2D eigenvalue weighted by molar-refractivity contribution is 5.86. The molecule has 0 saturated heterocycles. The van der Waals surface area contributed by atoms with Gasteiger partial charge in [0.2, 0.25) is 0 Å². The van der Waals surface area contributed by atoms with Gasteiger partial charge in [-0.3, -0.25) is 0 Å². The van der Waals surface area contributed by atoms with Crippen LogP contribution in [0.2, 0.25) is 0 Å². The molecule has 0 N–H and O–H groups in total. The van der Waals surface area contributed by atoms with Gasteiger partial charge in [0.15, 0.2) is 0 Å². The van der Waals surface area contributed by atoms with Gasteiger partial charge in [0.1, 0.15) is 0 Å². The molecule has 0 fully saturated rings. The lowest BCUT2D eigenvalue weighted by Crippen LogP contribution is -2.10. The number of rotatable bonds is 0. The Morgan fingerprint density at radius 3 is 1.18 bits per heavy atom. The average molecular weight is 367 g/mol. The van der Waals surface area contributed by atoms with Crippen molar-refractivity contribution >= 4 is 0 Å². The number of fused-ring (bicyclic) bond motifs is 6. The van der Waals surface area contributed by atoms with Gasteiger partial charge in [0.05, 0.1) is 0 Å². The molecule has 3 aromatic rings. The van der Waals surface area contributed by atoms with Crippen molar-refractivity contribution in [3.8, 4) is 22.3 Å². The first-order valence-corrected chi connectivity index (χ1v) is 10.5. The zero-order valence-corrected chi connectivity index (χ0v) is 18.0. The first-order chi connectivity index (χ1) is 13.1. The standard InChI is InChI=1S/C28H30/c1-27(2,3)21-9-7-17-11-19-14-24-20(13-23(19)25(17)15-21)12-18-8-10-22(16-26(18)24)28(4,5)6/h7-10,13-16H,11-12H2,1-6H3. The molecular formula is C28H30. The molecule has 3 aromatic carbocycles. The Morgan fingerprint density at radius 2 is 0.821 bits per heavy atom. The summed E-state index contributed by atoms with van der Waals surface area (Å²) in [5.41, 5.74) is 15.0.